The van der Waals surface area contributed by atoms with Crippen molar-refractivity contribution in [2.75, 3.05) is 18.0 Å². The highest BCUT2D eigenvalue weighted by Gasteiger charge is 2.15. The quantitative estimate of drug-likeness (QED) is 0.688. The molecule has 7 nitrogen and oxygen atoms in total. The zero-order valence-electron chi connectivity index (χ0n) is 9.26. The van der Waals surface area contributed by atoms with E-state index in [9.17, 15) is 9.59 Å². The minimum absolute atomic E-state index is 0.0722. The molecule has 18 heavy (non-hydrogen) atoms. The number of primary amides is 2. The van der Waals surface area contributed by atoms with E-state index >= 15 is 0 Å². The fraction of sp³-hybridized carbons (Fsp3) is 0.200. The van der Waals surface area contributed by atoms with Gasteiger partial charge in [0.05, 0.1) is 24.7 Å². The first kappa shape index (κ1) is 13.7. The first-order chi connectivity index (χ1) is 8.42. The Kier molecular flexibility index (Phi) is 4.45. The lowest BCUT2D eigenvalue weighted by atomic mass is 10.2. The molecular weight excluding hydrogens is 258 g/mol. The summed E-state index contributed by atoms with van der Waals surface area (Å²) in [6, 6.07) is 4.63. The molecule has 1 aromatic heterocycles. The number of amides is 2. The van der Waals surface area contributed by atoms with Gasteiger partial charge in [-0.15, -0.1) is 0 Å². The average molecular weight is 268 g/mol. The molecule has 0 atom stereocenters. The molecule has 0 saturated heterocycles. The Morgan fingerprint density at radius 2 is 1.89 bits per heavy atom. The number of nitriles is 1. The smallest absolute Gasteiger partial charge is 0.237 e. The van der Waals surface area contributed by atoms with Gasteiger partial charge in [-0.2, -0.15) is 5.26 Å². The van der Waals surface area contributed by atoms with E-state index in [1.165, 1.54) is 17.0 Å². The molecule has 8 heteroatoms. The monoisotopic (exact) mass is 267 g/mol. The fourth-order valence-corrected chi connectivity index (χ4v) is 1.51. The van der Waals surface area contributed by atoms with E-state index in [1.807, 2.05) is 6.07 Å². The van der Waals surface area contributed by atoms with E-state index in [0.717, 1.165) is 0 Å². The molecule has 1 heterocycles. The largest absolute Gasteiger partial charge is 0.368 e. The molecule has 0 fully saturated rings. The van der Waals surface area contributed by atoms with Crippen LogP contribution in [-0.4, -0.2) is 29.9 Å². The van der Waals surface area contributed by atoms with Crippen molar-refractivity contribution in [3.8, 4) is 6.07 Å². The van der Waals surface area contributed by atoms with Gasteiger partial charge < -0.3 is 16.4 Å². The maximum absolute atomic E-state index is 10.9. The number of carbonyl (C=O) groups is 2. The van der Waals surface area contributed by atoms with Gasteiger partial charge in [0.2, 0.25) is 11.8 Å². The van der Waals surface area contributed by atoms with E-state index in [2.05, 4.69) is 4.98 Å². The standard InChI is InChI=1S/C10H10ClN5O2/c11-7-1-6(3-12)2-10(15-7)16(4-8(13)17)5-9(14)18/h1-2H,4-5H2,(H2,13,17)(H2,14,18). The molecule has 0 aromatic carbocycles. The van der Waals surface area contributed by atoms with Crippen LogP contribution in [0.4, 0.5) is 5.82 Å². The normalized spacial score (nSPS) is 9.56. The summed E-state index contributed by atoms with van der Waals surface area (Å²) in [6.07, 6.45) is 0. The Labute approximate surface area is 108 Å². The number of nitrogens with two attached hydrogens (primary N) is 2. The van der Waals surface area contributed by atoms with Crippen molar-refractivity contribution < 1.29 is 9.59 Å². The van der Waals surface area contributed by atoms with Crippen molar-refractivity contribution in [2.24, 2.45) is 11.5 Å². The highest BCUT2D eigenvalue weighted by atomic mass is 35.5. The minimum Gasteiger partial charge on any atom is -0.368 e. The maximum atomic E-state index is 10.9. The Bertz CT molecular complexity index is 509. The lowest BCUT2D eigenvalue weighted by Gasteiger charge is -2.20. The predicted octanol–water partition coefficient (Wildman–Crippen LogP) is -0.616. The van der Waals surface area contributed by atoms with Crippen molar-refractivity contribution in [1.82, 2.24) is 4.98 Å². The Hall–Kier alpha value is -2.33. The topological polar surface area (TPSA) is 126 Å². The maximum Gasteiger partial charge on any atom is 0.237 e. The van der Waals surface area contributed by atoms with Crippen LogP contribution in [-0.2, 0) is 9.59 Å². The minimum atomic E-state index is -0.656. The molecule has 94 valence electrons. The number of carbonyl (C=O) groups excluding carboxylic acids is 2. The van der Waals surface area contributed by atoms with Gasteiger partial charge in [-0.25, -0.2) is 4.98 Å². The molecule has 0 aliphatic carbocycles. The third kappa shape index (κ3) is 3.92. The molecule has 0 aliphatic rings. The Morgan fingerprint density at radius 3 is 2.33 bits per heavy atom. The number of pyridine rings is 1. The van der Waals surface area contributed by atoms with Crippen LogP contribution in [0.5, 0.6) is 0 Å². The number of anilines is 1. The lowest BCUT2D eigenvalue weighted by molar-refractivity contribution is -0.117. The molecule has 0 unspecified atom stereocenters. The molecule has 0 spiro atoms. The molecule has 4 N–H and O–H groups in total. The first-order valence-electron chi connectivity index (χ1n) is 4.81. The highest BCUT2D eigenvalue weighted by Crippen LogP contribution is 2.17. The number of aromatic nitrogens is 1. The third-order valence-electron chi connectivity index (χ3n) is 1.93. The summed E-state index contributed by atoms with van der Waals surface area (Å²) in [6.45, 7) is -0.498. The van der Waals surface area contributed by atoms with Gasteiger partial charge in [-0.1, -0.05) is 11.6 Å². The zero-order chi connectivity index (χ0) is 13.7. The molecule has 0 aliphatic heterocycles. The van der Waals surface area contributed by atoms with Gasteiger partial charge in [-0.05, 0) is 12.1 Å². The molecule has 2 amide bonds. The van der Waals surface area contributed by atoms with Crippen molar-refractivity contribution >= 4 is 29.2 Å². The second-order valence-electron chi connectivity index (χ2n) is 3.44. The summed E-state index contributed by atoms with van der Waals surface area (Å²) < 4.78 is 0. The van der Waals surface area contributed by atoms with E-state index in [-0.39, 0.29) is 29.6 Å². The molecule has 1 aromatic rings. The van der Waals surface area contributed by atoms with Crippen LogP contribution < -0.4 is 16.4 Å². The fourth-order valence-electron chi connectivity index (χ4n) is 1.30. The summed E-state index contributed by atoms with van der Waals surface area (Å²) in [5, 5.41) is 8.87. The van der Waals surface area contributed by atoms with Crippen molar-refractivity contribution in [3.05, 3.63) is 22.8 Å². The summed E-state index contributed by atoms with van der Waals surface area (Å²) in [7, 11) is 0. The van der Waals surface area contributed by atoms with Crippen LogP contribution in [0.25, 0.3) is 0 Å². The van der Waals surface area contributed by atoms with Gasteiger partial charge in [-0.3, -0.25) is 9.59 Å². The summed E-state index contributed by atoms with van der Waals surface area (Å²) >= 11 is 5.72. The summed E-state index contributed by atoms with van der Waals surface area (Å²) in [4.78, 5) is 27.0. The van der Waals surface area contributed by atoms with Crippen LogP contribution in [0, 0.1) is 11.3 Å². The SMILES string of the molecule is N#Cc1cc(Cl)nc(N(CC(N)=O)CC(N)=O)c1. The van der Waals surface area contributed by atoms with Crippen molar-refractivity contribution in [3.63, 3.8) is 0 Å². The summed E-state index contributed by atoms with van der Waals surface area (Å²) in [5.41, 5.74) is 10.4. The Balaban J connectivity index is 3.11. The number of nitrogens with zero attached hydrogens (tertiary/aromatic N) is 3. The average Bonchev–Trinajstić information content (AvgIpc) is 2.26. The van der Waals surface area contributed by atoms with Crippen LogP contribution >= 0.6 is 11.6 Å². The number of halogens is 1. The van der Waals surface area contributed by atoms with Crippen LogP contribution in [0.15, 0.2) is 12.1 Å². The molecule has 0 saturated carbocycles. The lowest BCUT2D eigenvalue weighted by Crippen LogP contribution is -2.40. The predicted molar refractivity (Wildman–Crippen MR) is 64.6 cm³/mol. The second-order valence-corrected chi connectivity index (χ2v) is 3.82. The van der Waals surface area contributed by atoms with Crippen LogP contribution in [0.1, 0.15) is 5.56 Å². The Morgan fingerprint density at radius 1 is 1.33 bits per heavy atom. The van der Waals surface area contributed by atoms with Gasteiger partial charge in [0.25, 0.3) is 0 Å². The van der Waals surface area contributed by atoms with Gasteiger partial charge in [0.1, 0.15) is 11.0 Å². The molecule has 1 rings (SSSR count). The highest BCUT2D eigenvalue weighted by molar-refractivity contribution is 6.29. The van der Waals surface area contributed by atoms with Gasteiger partial charge >= 0.3 is 0 Å². The molecular formula is C10H10ClN5O2. The number of hydrogen-bond acceptors (Lipinski definition) is 5. The van der Waals surface area contributed by atoms with E-state index < -0.39 is 11.8 Å². The van der Waals surface area contributed by atoms with E-state index in [4.69, 9.17) is 28.3 Å². The van der Waals surface area contributed by atoms with Gasteiger partial charge in [0, 0.05) is 0 Å². The summed E-state index contributed by atoms with van der Waals surface area (Å²) in [5.74, 6) is -1.12. The first-order valence-corrected chi connectivity index (χ1v) is 5.19. The van der Waals surface area contributed by atoms with Crippen LogP contribution in [0.3, 0.4) is 0 Å². The number of rotatable bonds is 5. The van der Waals surface area contributed by atoms with Gasteiger partial charge in [0.15, 0.2) is 0 Å². The van der Waals surface area contributed by atoms with E-state index in [1.54, 1.807) is 0 Å². The molecule has 0 bridgehead atoms. The van der Waals surface area contributed by atoms with Crippen molar-refractivity contribution in [1.29, 1.82) is 5.26 Å². The van der Waals surface area contributed by atoms with Crippen LogP contribution in [0.2, 0.25) is 5.15 Å². The zero-order valence-corrected chi connectivity index (χ0v) is 10.0. The second kappa shape index (κ2) is 5.84. The van der Waals surface area contributed by atoms with E-state index in [0.29, 0.717) is 0 Å². The molecule has 0 radical (unpaired) electrons. The third-order valence-corrected chi connectivity index (χ3v) is 2.12. The van der Waals surface area contributed by atoms with Crippen molar-refractivity contribution in [2.45, 2.75) is 0 Å². The number of hydrogen-bond donors (Lipinski definition) is 2.